The zero-order chi connectivity index (χ0) is 11.7. The van der Waals surface area contributed by atoms with E-state index >= 15 is 0 Å². The molecule has 0 saturated carbocycles. The molecule has 0 aliphatic heterocycles. The smallest absolute Gasteiger partial charge is 0.00773 e. The van der Waals surface area contributed by atoms with Crippen LogP contribution in [0.1, 0.15) is 62.3 Å². The van der Waals surface area contributed by atoms with Crippen molar-refractivity contribution in [3.05, 3.63) is 21.4 Å². The van der Waals surface area contributed by atoms with Gasteiger partial charge in [0.2, 0.25) is 0 Å². The standard InChI is InChI=1S/C12H20S.C2H6/c1-4-6-7-8-11-9-10(3)13-12(11)5-2;1-2/h9H,4-8H2,1-3H3;1-2H3. The van der Waals surface area contributed by atoms with Crippen molar-refractivity contribution in [3.63, 3.8) is 0 Å². The second-order valence-electron chi connectivity index (χ2n) is 3.62. The summed E-state index contributed by atoms with van der Waals surface area (Å²) in [4.78, 5) is 3.08. The van der Waals surface area contributed by atoms with Crippen molar-refractivity contribution in [2.24, 2.45) is 0 Å². The van der Waals surface area contributed by atoms with Gasteiger partial charge in [0.1, 0.15) is 0 Å². The topological polar surface area (TPSA) is 0 Å². The summed E-state index contributed by atoms with van der Waals surface area (Å²) < 4.78 is 0. The second kappa shape index (κ2) is 8.96. The fourth-order valence-corrected chi connectivity index (χ4v) is 2.72. The van der Waals surface area contributed by atoms with Crippen molar-refractivity contribution in [1.82, 2.24) is 0 Å². The molecule has 0 bridgehead atoms. The summed E-state index contributed by atoms with van der Waals surface area (Å²) in [5.74, 6) is 0. The fraction of sp³-hybridized carbons (Fsp3) is 0.714. The van der Waals surface area contributed by atoms with Gasteiger partial charge in [-0.2, -0.15) is 0 Å². The van der Waals surface area contributed by atoms with Gasteiger partial charge in [-0.1, -0.05) is 40.5 Å². The van der Waals surface area contributed by atoms with E-state index in [0.717, 1.165) is 0 Å². The summed E-state index contributed by atoms with van der Waals surface area (Å²) in [6.07, 6.45) is 6.56. The molecular formula is C14H26S. The maximum Gasteiger partial charge on any atom is 0.00773 e. The van der Waals surface area contributed by atoms with Gasteiger partial charge in [-0.15, -0.1) is 11.3 Å². The molecule has 0 aromatic carbocycles. The largest absolute Gasteiger partial charge is 0.145 e. The third-order valence-electron chi connectivity index (χ3n) is 2.39. The molecule has 1 aromatic rings. The number of rotatable bonds is 5. The van der Waals surface area contributed by atoms with Crippen molar-refractivity contribution in [2.45, 2.75) is 66.7 Å². The Labute approximate surface area is 99.7 Å². The highest BCUT2D eigenvalue weighted by Gasteiger charge is 2.04. The molecule has 88 valence electrons. The lowest BCUT2D eigenvalue weighted by Gasteiger charge is -1.99. The van der Waals surface area contributed by atoms with E-state index in [-0.39, 0.29) is 0 Å². The van der Waals surface area contributed by atoms with E-state index in [9.17, 15) is 0 Å². The summed E-state index contributed by atoms with van der Waals surface area (Å²) in [5.41, 5.74) is 1.61. The summed E-state index contributed by atoms with van der Waals surface area (Å²) in [6, 6.07) is 2.37. The SMILES string of the molecule is CC.CCCCCc1cc(C)sc1CC. The van der Waals surface area contributed by atoms with Gasteiger partial charge in [-0.25, -0.2) is 0 Å². The molecule has 0 aliphatic carbocycles. The number of hydrogen-bond acceptors (Lipinski definition) is 1. The lowest BCUT2D eigenvalue weighted by Crippen LogP contribution is -1.86. The number of aryl methyl sites for hydroxylation is 3. The molecule has 15 heavy (non-hydrogen) atoms. The van der Waals surface area contributed by atoms with Crippen molar-refractivity contribution in [2.75, 3.05) is 0 Å². The third-order valence-corrected chi connectivity index (χ3v) is 3.63. The molecular weight excluding hydrogens is 200 g/mol. The number of unbranched alkanes of at least 4 members (excludes halogenated alkanes) is 2. The van der Waals surface area contributed by atoms with Crippen LogP contribution in [0.3, 0.4) is 0 Å². The van der Waals surface area contributed by atoms with Gasteiger partial charge in [0, 0.05) is 9.75 Å². The molecule has 0 saturated heterocycles. The van der Waals surface area contributed by atoms with Crippen LogP contribution >= 0.6 is 11.3 Å². The average molecular weight is 226 g/mol. The Hall–Kier alpha value is -0.300. The molecule has 0 amide bonds. The lowest BCUT2D eigenvalue weighted by molar-refractivity contribution is 0.715. The van der Waals surface area contributed by atoms with E-state index in [1.165, 1.54) is 37.0 Å². The van der Waals surface area contributed by atoms with E-state index in [1.807, 2.05) is 25.2 Å². The first-order chi connectivity index (χ1) is 7.27. The van der Waals surface area contributed by atoms with Gasteiger partial charge in [-0.3, -0.25) is 0 Å². The zero-order valence-electron chi connectivity index (χ0n) is 11.0. The molecule has 0 nitrogen and oxygen atoms in total. The van der Waals surface area contributed by atoms with Crippen molar-refractivity contribution in [3.8, 4) is 0 Å². The molecule has 0 spiro atoms. The molecule has 0 unspecified atom stereocenters. The summed E-state index contributed by atoms with van der Waals surface area (Å²) in [6.45, 7) is 10.7. The first-order valence-corrected chi connectivity index (χ1v) is 7.17. The van der Waals surface area contributed by atoms with Crippen LogP contribution in [0.5, 0.6) is 0 Å². The average Bonchev–Trinajstić information content (AvgIpc) is 2.62. The van der Waals surface area contributed by atoms with Crippen molar-refractivity contribution in [1.29, 1.82) is 0 Å². The molecule has 0 fully saturated rings. The number of hydrogen-bond donors (Lipinski definition) is 0. The highest BCUT2D eigenvalue weighted by Crippen LogP contribution is 2.23. The maximum absolute atomic E-state index is 2.37. The van der Waals surface area contributed by atoms with Crippen LogP contribution in [0.2, 0.25) is 0 Å². The fourth-order valence-electron chi connectivity index (χ4n) is 1.69. The Balaban J connectivity index is 0.000000921. The Morgan fingerprint density at radius 2 is 1.80 bits per heavy atom. The molecule has 1 rings (SSSR count). The molecule has 0 radical (unpaired) electrons. The molecule has 0 atom stereocenters. The van der Waals surface area contributed by atoms with Crippen LogP contribution < -0.4 is 0 Å². The van der Waals surface area contributed by atoms with E-state index < -0.39 is 0 Å². The lowest BCUT2D eigenvalue weighted by atomic mass is 10.1. The molecule has 1 heterocycles. The van der Waals surface area contributed by atoms with Crippen LogP contribution in [0.25, 0.3) is 0 Å². The molecule has 1 aromatic heterocycles. The van der Waals surface area contributed by atoms with E-state index in [0.29, 0.717) is 0 Å². The quantitative estimate of drug-likeness (QED) is 0.591. The van der Waals surface area contributed by atoms with E-state index in [4.69, 9.17) is 0 Å². The summed E-state index contributed by atoms with van der Waals surface area (Å²) >= 11 is 1.97. The molecule has 0 N–H and O–H groups in total. The van der Waals surface area contributed by atoms with Gasteiger partial charge in [-0.05, 0) is 37.8 Å². The van der Waals surface area contributed by atoms with Gasteiger partial charge in [0.25, 0.3) is 0 Å². The first kappa shape index (κ1) is 14.7. The van der Waals surface area contributed by atoms with Crippen LogP contribution in [0, 0.1) is 6.92 Å². The second-order valence-corrected chi connectivity index (χ2v) is 4.96. The van der Waals surface area contributed by atoms with Crippen molar-refractivity contribution >= 4 is 11.3 Å². The minimum atomic E-state index is 1.21. The highest BCUT2D eigenvalue weighted by molar-refractivity contribution is 7.12. The Morgan fingerprint density at radius 3 is 2.33 bits per heavy atom. The predicted molar refractivity (Wildman–Crippen MR) is 73.0 cm³/mol. The van der Waals surface area contributed by atoms with E-state index in [2.05, 4.69) is 26.8 Å². The van der Waals surface area contributed by atoms with Crippen LogP contribution in [-0.4, -0.2) is 0 Å². The number of thiophene rings is 1. The van der Waals surface area contributed by atoms with Gasteiger partial charge in [0.05, 0.1) is 0 Å². The van der Waals surface area contributed by atoms with E-state index in [1.54, 1.807) is 10.4 Å². The van der Waals surface area contributed by atoms with Crippen LogP contribution in [0.15, 0.2) is 6.07 Å². The van der Waals surface area contributed by atoms with Gasteiger partial charge < -0.3 is 0 Å². The Kier molecular flexibility index (Phi) is 8.79. The Morgan fingerprint density at radius 1 is 1.13 bits per heavy atom. The minimum absolute atomic E-state index is 1.21. The summed E-state index contributed by atoms with van der Waals surface area (Å²) in [5, 5.41) is 0. The van der Waals surface area contributed by atoms with Gasteiger partial charge >= 0.3 is 0 Å². The minimum Gasteiger partial charge on any atom is -0.145 e. The first-order valence-electron chi connectivity index (χ1n) is 6.36. The highest BCUT2D eigenvalue weighted by atomic mass is 32.1. The van der Waals surface area contributed by atoms with Crippen molar-refractivity contribution < 1.29 is 0 Å². The van der Waals surface area contributed by atoms with Gasteiger partial charge in [0.15, 0.2) is 0 Å². The van der Waals surface area contributed by atoms with Crippen LogP contribution in [-0.2, 0) is 12.8 Å². The maximum atomic E-state index is 2.37. The monoisotopic (exact) mass is 226 g/mol. The van der Waals surface area contributed by atoms with Crippen LogP contribution in [0.4, 0.5) is 0 Å². The zero-order valence-corrected chi connectivity index (χ0v) is 11.8. The summed E-state index contributed by atoms with van der Waals surface area (Å²) in [7, 11) is 0. The normalized spacial score (nSPS) is 9.67. The Bertz CT molecular complexity index is 248. The molecule has 1 heteroatoms. The third kappa shape index (κ3) is 5.36. The predicted octanol–water partition coefficient (Wildman–Crippen LogP) is 5.38. The molecule has 0 aliphatic rings.